The number of carbonyl (C=O) groups is 1. The van der Waals surface area contributed by atoms with Crippen LogP contribution in [0.15, 0.2) is 0 Å². The summed E-state index contributed by atoms with van der Waals surface area (Å²) in [4.78, 5) is 11.6. The number of rotatable bonds is 4. The van der Waals surface area contributed by atoms with Crippen molar-refractivity contribution in [3.8, 4) is 0 Å². The summed E-state index contributed by atoms with van der Waals surface area (Å²) in [5.41, 5.74) is 5.70. The minimum Gasteiger partial charge on any atom is -0.352 e. The maximum atomic E-state index is 11.6. The molecule has 3 unspecified atom stereocenters. The molecule has 0 aromatic rings. The van der Waals surface area contributed by atoms with E-state index in [9.17, 15) is 4.79 Å². The van der Waals surface area contributed by atoms with Gasteiger partial charge < -0.3 is 11.1 Å². The molecule has 0 radical (unpaired) electrons. The summed E-state index contributed by atoms with van der Waals surface area (Å²) >= 11 is 0. The minimum absolute atomic E-state index is 0.0195. The molecule has 0 aromatic heterocycles. The minimum atomic E-state index is -0.335. The van der Waals surface area contributed by atoms with Crippen LogP contribution in [0.2, 0.25) is 0 Å². The summed E-state index contributed by atoms with van der Waals surface area (Å²) in [7, 11) is 0. The van der Waals surface area contributed by atoms with Crippen molar-refractivity contribution in [2.45, 2.75) is 58.5 Å². The van der Waals surface area contributed by atoms with E-state index in [1.165, 1.54) is 12.8 Å². The molecule has 1 rings (SSSR count). The van der Waals surface area contributed by atoms with Gasteiger partial charge in [0.2, 0.25) is 5.91 Å². The fourth-order valence-electron chi connectivity index (χ4n) is 2.50. The van der Waals surface area contributed by atoms with Crippen LogP contribution >= 0.6 is 0 Å². The summed E-state index contributed by atoms with van der Waals surface area (Å²) in [5.74, 6) is 1.39. The number of nitrogens with one attached hydrogen (secondary N) is 1. The lowest BCUT2D eigenvalue weighted by Gasteiger charge is -2.22. The molecule has 0 aromatic carbocycles. The molecule has 4 atom stereocenters. The molecule has 0 aliphatic heterocycles. The molecule has 3 N–H and O–H groups in total. The first-order chi connectivity index (χ1) is 7.10. The second-order valence-electron chi connectivity index (χ2n) is 4.73. The van der Waals surface area contributed by atoms with Gasteiger partial charge in [0, 0.05) is 6.04 Å². The highest BCUT2D eigenvalue weighted by atomic mass is 16.2. The fourth-order valence-corrected chi connectivity index (χ4v) is 2.50. The zero-order valence-electron chi connectivity index (χ0n) is 10.1. The zero-order chi connectivity index (χ0) is 11.4. The molecule has 3 heteroatoms. The third-order valence-electron chi connectivity index (χ3n) is 3.86. The lowest BCUT2D eigenvalue weighted by molar-refractivity contribution is -0.123. The van der Waals surface area contributed by atoms with Crippen LogP contribution in [-0.2, 0) is 4.79 Å². The SMILES string of the molecule is CCC1CCC(NC(=O)[C@@H](N)CC)C1C. The number of amides is 1. The van der Waals surface area contributed by atoms with Crippen molar-refractivity contribution in [2.75, 3.05) is 0 Å². The molecule has 0 heterocycles. The van der Waals surface area contributed by atoms with E-state index in [2.05, 4.69) is 19.2 Å². The van der Waals surface area contributed by atoms with Gasteiger partial charge in [0.15, 0.2) is 0 Å². The Labute approximate surface area is 92.8 Å². The van der Waals surface area contributed by atoms with Crippen LogP contribution in [0.5, 0.6) is 0 Å². The van der Waals surface area contributed by atoms with Crippen LogP contribution in [0.25, 0.3) is 0 Å². The van der Waals surface area contributed by atoms with Crippen molar-refractivity contribution in [3.63, 3.8) is 0 Å². The van der Waals surface area contributed by atoms with Gasteiger partial charge in [0.25, 0.3) is 0 Å². The number of nitrogens with two attached hydrogens (primary N) is 1. The first-order valence-corrected chi connectivity index (χ1v) is 6.16. The maximum Gasteiger partial charge on any atom is 0.237 e. The fraction of sp³-hybridized carbons (Fsp3) is 0.917. The molecular formula is C12H24N2O. The lowest BCUT2D eigenvalue weighted by atomic mass is 9.93. The standard InChI is InChI=1S/C12H24N2O/c1-4-9-6-7-11(8(9)3)14-12(15)10(13)5-2/h8-11H,4-7,13H2,1-3H3,(H,14,15)/t8?,9?,10-,11?/m0/s1. The topological polar surface area (TPSA) is 55.1 Å². The molecule has 1 aliphatic carbocycles. The average molecular weight is 212 g/mol. The van der Waals surface area contributed by atoms with Crippen LogP contribution < -0.4 is 11.1 Å². The Balaban J connectivity index is 2.43. The van der Waals surface area contributed by atoms with Crippen LogP contribution in [0, 0.1) is 11.8 Å². The van der Waals surface area contributed by atoms with E-state index in [-0.39, 0.29) is 11.9 Å². The number of hydrogen-bond donors (Lipinski definition) is 2. The number of carbonyl (C=O) groups excluding carboxylic acids is 1. The van der Waals surface area contributed by atoms with Crippen molar-refractivity contribution in [1.82, 2.24) is 5.32 Å². The van der Waals surface area contributed by atoms with E-state index in [1.807, 2.05) is 6.92 Å². The van der Waals surface area contributed by atoms with E-state index in [1.54, 1.807) is 0 Å². The molecule has 0 bridgehead atoms. The van der Waals surface area contributed by atoms with Crippen molar-refractivity contribution in [1.29, 1.82) is 0 Å². The predicted molar refractivity (Wildman–Crippen MR) is 62.4 cm³/mol. The number of hydrogen-bond acceptors (Lipinski definition) is 2. The van der Waals surface area contributed by atoms with Gasteiger partial charge in [0.1, 0.15) is 0 Å². The first-order valence-electron chi connectivity index (χ1n) is 6.16. The Morgan fingerprint density at radius 1 is 1.47 bits per heavy atom. The third-order valence-corrected chi connectivity index (χ3v) is 3.86. The second kappa shape index (κ2) is 5.50. The lowest BCUT2D eigenvalue weighted by Crippen LogP contribution is -2.46. The van der Waals surface area contributed by atoms with Gasteiger partial charge in [-0.25, -0.2) is 0 Å². The summed E-state index contributed by atoms with van der Waals surface area (Å²) in [5, 5.41) is 3.08. The Hall–Kier alpha value is -0.570. The molecule has 1 amide bonds. The van der Waals surface area contributed by atoms with Gasteiger partial charge in [-0.3, -0.25) is 4.79 Å². The summed E-state index contributed by atoms with van der Waals surface area (Å²) in [6, 6.07) is 0.0120. The maximum absolute atomic E-state index is 11.6. The van der Waals surface area contributed by atoms with E-state index in [0.717, 1.165) is 12.3 Å². The molecule has 1 fully saturated rings. The van der Waals surface area contributed by atoms with E-state index < -0.39 is 0 Å². The monoisotopic (exact) mass is 212 g/mol. The Morgan fingerprint density at radius 3 is 2.60 bits per heavy atom. The summed E-state index contributed by atoms with van der Waals surface area (Å²) in [6.45, 7) is 6.41. The molecule has 88 valence electrons. The van der Waals surface area contributed by atoms with Crippen molar-refractivity contribution >= 4 is 5.91 Å². The smallest absolute Gasteiger partial charge is 0.237 e. The Morgan fingerprint density at radius 2 is 2.13 bits per heavy atom. The summed E-state index contributed by atoms with van der Waals surface area (Å²) < 4.78 is 0. The van der Waals surface area contributed by atoms with Crippen LogP contribution in [0.3, 0.4) is 0 Å². The zero-order valence-corrected chi connectivity index (χ0v) is 10.1. The highest BCUT2D eigenvalue weighted by Gasteiger charge is 2.32. The van der Waals surface area contributed by atoms with Gasteiger partial charge in [-0.05, 0) is 31.1 Å². The van der Waals surface area contributed by atoms with Gasteiger partial charge in [-0.15, -0.1) is 0 Å². The van der Waals surface area contributed by atoms with E-state index >= 15 is 0 Å². The van der Waals surface area contributed by atoms with E-state index in [0.29, 0.717) is 18.4 Å². The van der Waals surface area contributed by atoms with E-state index in [4.69, 9.17) is 5.73 Å². The second-order valence-corrected chi connectivity index (χ2v) is 4.73. The van der Waals surface area contributed by atoms with Gasteiger partial charge >= 0.3 is 0 Å². The molecule has 1 aliphatic rings. The third kappa shape index (κ3) is 2.94. The van der Waals surface area contributed by atoms with Gasteiger partial charge in [-0.1, -0.05) is 27.2 Å². The Kier molecular flexibility index (Phi) is 4.58. The molecule has 3 nitrogen and oxygen atoms in total. The van der Waals surface area contributed by atoms with Crippen molar-refractivity contribution in [3.05, 3.63) is 0 Å². The average Bonchev–Trinajstić information content (AvgIpc) is 2.58. The van der Waals surface area contributed by atoms with Crippen LogP contribution in [0.4, 0.5) is 0 Å². The van der Waals surface area contributed by atoms with Crippen LogP contribution in [-0.4, -0.2) is 18.0 Å². The largest absolute Gasteiger partial charge is 0.352 e. The normalized spacial score (nSPS) is 32.7. The first kappa shape index (κ1) is 12.5. The van der Waals surface area contributed by atoms with Gasteiger partial charge in [-0.2, -0.15) is 0 Å². The molecule has 1 saturated carbocycles. The molecular weight excluding hydrogens is 188 g/mol. The molecule has 0 spiro atoms. The summed E-state index contributed by atoms with van der Waals surface area (Å²) in [6.07, 6.45) is 4.28. The highest BCUT2D eigenvalue weighted by molar-refractivity contribution is 5.81. The van der Waals surface area contributed by atoms with Crippen molar-refractivity contribution in [2.24, 2.45) is 17.6 Å². The Bertz CT molecular complexity index is 218. The predicted octanol–water partition coefficient (Wildman–Crippen LogP) is 1.66. The molecule has 0 saturated heterocycles. The quantitative estimate of drug-likeness (QED) is 0.744. The van der Waals surface area contributed by atoms with Crippen molar-refractivity contribution < 1.29 is 4.79 Å². The molecule has 15 heavy (non-hydrogen) atoms. The van der Waals surface area contributed by atoms with Gasteiger partial charge in [0.05, 0.1) is 6.04 Å². The highest BCUT2D eigenvalue weighted by Crippen LogP contribution is 2.33. The van der Waals surface area contributed by atoms with Crippen LogP contribution in [0.1, 0.15) is 46.5 Å².